The van der Waals surface area contributed by atoms with Crippen molar-refractivity contribution < 1.29 is 4.39 Å². The zero-order chi connectivity index (χ0) is 14.1. The second-order valence-corrected chi connectivity index (χ2v) is 3.76. The topological polar surface area (TPSA) is 38.4 Å². The van der Waals surface area contributed by atoms with Gasteiger partial charge in [0.15, 0.2) is 0 Å². The summed E-state index contributed by atoms with van der Waals surface area (Å²) >= 11 is 0. The zero-order valence-electron chi connectivity index (χ0n) is 12.1. The van der Waals surface area contributed by atoms with Crippen LogP contribution in [0.4, 0.5) is 10.1 Å². The van der Waals surface area contributed by atoms with E-state index in [4.69, 9.17) is 5.73 Å². The number of hydrogen-bond acceptors (Lipinski definition) is 2. The number of nitrogens with two attached hydrogens (primary N) is 1. The third kappa shape index (κ3) is 5.30. The average Bonchev–Trinajstić information content (AvgIpc) is 3.21. The highest BCUT2D eigenvalue weighted by atomic mass is 19.1. The Morgan fingerprint density at radius 2 is 1.78 bits per heavy atom. The van der Waals surface area contributed by atoms with E-state index in [0.717, 1.165) is 18.4 Å². The van der Waals surface area contributed by atoms with E-state index in [-0.39, 0.29) is 11.5 Å². The quantitative estimate of drug-likeness (QED) is 0.616. The monoisotopic (exact) mass is 252 g/mol. The van der Waals surface area contributed by atoms with Crippen molar-refractivity contribution in [3.63, 3.8) is 0 Å². The third-order valence-corrected chi connectivity index (χ3v) is 2.28. The number of nitrogens with zero attached hydrogens (tertiary/aromatic N) is 1. The normalized spacial score (nSPS) is 13.4. The van der Waals surface area contributed by atoms with Crippen LogP contribution in [-0.2, 0) is 0 Å². The van der Waals surface area contributed by atoms with Gasteiger partial charge >= 0.3 is 0 Å². The largest absolute Gasteiger partial charge is 0.396 e. The van der Waals surface area contributed by atoms with Crippen molar-refractivity contribution in [1.82, 2.24) is 0 Å². The third-order valence-electron chi connectivity index (χ3n) is 2.28. The van der Waals surface area contributed by atoms with Crippen molar-refractivity contribution in [2.75, 3.05) is 5.73 Å². The summed E-state index contributed by atoms with van der Waals surface area (Å²) < 4.78 is 13.2. The van der Waals surface area contributed by atoms with Crippen LogP contribution in [0.15, 0.2) is 17.1 Å². The first kappa shape index (κ1) is 16.6. The summed E-state index contributed by atoms with van der Waals surface area (Å²) in [5, 5.41) is 0. The fourth-order valence-electron chi connectivity index (χ4n) is 1.30. The minimum absolute atomic E-state index is 0.194. The molecule has 1 aromatic carbocycles. The number of benzene rings is 1. The van der Waals surface area contributed by atoms with Crippen LogP contribution < -0.4 is 5.73 Å². The molecule has 0 spiro atoms. The molecule has 0 radical (unpaired) electrons. The van der Waals surface area contributed by atoms with E-state index in [1.54, 1.807) is 6.21 Å². The van der Waals surface area contributed by atoms with Crippen LogP contribution in [0, 0.1) is 12.7 Å². The molecule has 0 saturated heterocycles. The molecule has 102 valence electrons. The lowest BCUT2D eigenvalue weighted by molar-refractivity contribution is 0.631. The summed E-state index contributed by atoms with van der Waals surface area (Å²) in [5.74, 6) is -0.359. The first-order valence-corrected chi connectivity index (χ1v) is 6.75. The molecule has 0 bridgehead atoms. The van der Waals surface area contributed by atoms with Crippen molar-refractivity contribution >= 4 is 11.9 Å². The molecule has 0 heterocycles. The van der Waals surface area contributed by atoms with Crippen LogP contribution in [0.5, 0.6) is 0 Å². The zero-order valence-corrected chi connectivity index (χ0v) is 12.1. The molecule has 0 aromatic heterocycles. The van der Waals surface area contributed by atoms with Crippen LogP contribution >= 0.6 is 0 Å². The molecule has 0 amide bonds. The molecule has 2 N–H and O–H groups in total. The Hall–Kier alpha value is -1.38. The van der Waals surface area contributed by atoms with Gasteiger partial charge in [0.05, 0.1) is 11.7 Å². The molecule has 1 aliphatic rings. The Morgan fingerprint density at radius 3 is 2.28 bits per heavy atom. The van der Waals surface area contributed by atoms with Crippen LogP contribution in [0.3, 0.4) is 0 Å². The summed E-state index contributed by atoms with van der Waals surface area (Å²) in [4.78, 5) is 4.28. The molecular weight excluding hydrogens is 227 g/mol. The smallest absolute Gasteiger partial charge is 0.147 e. The predicted octanol–water partition coefficient (Wildman–Crippen LogP) is 4.35. The van der Waals surface area contributed by atoms with Crippen LogP contribution in [0.25, 0.3) is 0 Å². The first-order valence-electron chi connectivity index (χ1n) is 6.75. The summed E-state index contributed by atoms with van der Waals surface area (Å²) in [7, 11) is 0. The molecule has 1 fully saturated rings. The second kappa shape index (κ2) is 8.67. The molecule has 1 aliphatic carbocycles. The number of halogens is 1. The molecule has 0 unspecified atom stereocenters. The fraction of sp³-hybridized carbons (Fsp3) is 0.533. The highest BCUT2D eigenvalue weighted by Gasteiger charge is 2.19. The lowest BCUT2D eigenvalue weighted by Gasteiger charge is -2.03. The van der Waals surface area contributed by atoms with Crippen molar-refractivity contribution in [3.8, 4) is 0 Å². The lowest BCUT2D eigenvalue weighted by Crippen LogP contribution is -1.98. The van der Waals surface area contributed by atoms with E-state index in [0.29, 0.717) is 11.6 Å². The van der Waals surface area contributed by atoms with Gasteiger partial charge in [0.1, 0.15) is 5.82 Å². The van der Waals surface area contributed by atoms with Gasteiger partial charge in [-0.3, -0.25) is 4.99 Å². The number of nitrogen functional groups attached to an aromatic ring is 1. The number of anilines is 1. The van der Waals surface area contributed by atoms with Gasteiger partial charge in [0, 0.05) is 11.8 Å². The van der Waals surface area contributed by atoms with Crippen molar-refractivity contribution in [1.29, 1.82) is 0 Å². The van der Waals surface area contributed by atoms with Crippen LogP contribution in [0.2, 0.25) is 0 Å². The van der Waals surface area contributed by atoms with E-state index >= 15 is 0 Å². The predicted molar refractivity (Wildman–Crippen MR) is 78.9 cm³/mol. The van der Waals surface area contributed by atoms with Gasteiger partial charge in [-0.2, -0.15) is 0 Å². The van der Waals surface area contributed by atoms with Crippen molar-refractivity contribution in [2.24, 2.45) is 4.99 Å². The summed E-state index contributed by atoms with van der Waals surface area (Å²) in [6.07, 6.45) is 3.97. The summed E-state index contributed by atoms with van der Waals surface area (Å²) in [5.41, 5.74) is 7.34. The number of aryl methyl sites for hydroxylation is 1. The summed E-state index contributed by atoms with van der Waals surface area (Å²) in [6, 6.07) is 3.73. The fourth-order valence-corrected chi connectivity index (χ4v) is 1.30. The van der Waals surface area contributed by atoms with E-state index < -0.39 is 0 Å². The number of aliphatic imine (C=N–C) groups is 1. The van der Waals surface area contributed by atoms with Gasteiger partial charge in [0.25, 0.3) is 0 Å². The van der Waals surface area contributed by atoms with Crippen LogP contribution in [0.1, 0.15) is 51.7 Å². The second-order valence-electron chi connectivity index (χ2n) is 3.76. The molecule has 3 heteroatoms. The van der Waals surface area contributed by atoms with E-state index in [1.165, 1.54) is 6.07 Å². The maximum absolute atomic E-state index is 13.2. The molecular formula is C15H25FN2. The minimum Gasteiger partial charge on any atom is -0.396 e. The Morgan fingerprint density at radius 1 is 1.22 bits per heavy atom. The van der Waals surface area contributed by atoms with Gasteiger partial charge in [-0.05, 0) is 37.5 Å². The Balaban J connectivity index is 0.000000659. The maximum atomic E-state index is 13.2. The highest BCUT2D eigenvalue weighted by molar-refractivity contribution is 5.87. The van der Waals surface area contributed by atoms with Gasteiger partial charge in [-0.25, -0.2) is 4.39 Å². The number of rotatable bonds is 2. The van der Waals surface area contributed by atoms with E-state index in [1.807, 2.05) is 40.7 Å². The molecule has 1 aromatic rings. The van der Waals surface area contributed by atoms with Crippen molar-refractivity contribution in [2.45, 2.75) is 53.5 Å². The Kier molecular flexibility index (Phi) is 8.01. The minimum atomic E-state index is -0.359. The molecule has 2 nitrogen and oxygen atoms in total. The summed E-state index contributed by atoms with van der Waals surface area (Å²) in [6.45, 7) is 9.84. The molecule has 0 atom stereocenters. The van der Waals surface area contributed by atoms with Crippen LogP contribution in [-0.4, -0.2) is 12.3 Å². The lowest BCUT2D eigenvalue weighted by atomic mass is 10.1. The average molecular weight is 252 g/mol. The van der Waals surface area contributed by atoms with E-state index in [9.17, 15) is 4.39 Å². The maximum Gasteiger partial charge on any atom is 0.147 e. The molecule has 18 heavy (non-hydrogen) atoms. The standard InChI is InChI=1S/C11H13FN2.2C2H6/c1-7-4-8(6-14-9-2-3-9)11(13)10(12)5-7;2*1-2/h4-6,9H,2-3,13H2,1H3;2*1-2H3. The number of hydrogen-bond donors (Lipinski definition) is 1. The van der Waals surface area contributed by atoms with Gasteiger partial charge in [-0.1, -0.05) is 27.7 Å². The molecule has 2 rings (SSSR count). The Labute approximate surface area is 110 Å². The molecule has 0 aliphatic heterocycles. The van der Waals surface area contributed by atoms with Gasteiger partial charge < -0.3 is 5.73 Å². The molecule has 1 saturated carbocycles. The van der Waals surface area contributed by atoms with Crippen molar-refractivity contribution in [3.05, 3.63) is 29.1 Å². The first-order chi connectivity index (χ1) is 8.66. The van der Waals surface area contributed by atoms with Gasteiger partial charge in [0.2, 0.25) is 0 Å². The van der Waals surface area contributed by atoms with E-state index in [2.05, 4.69) is 4.99 Å². The Bertz CT molecular complexity index is 382. The SMILES string of the molecule is CC.CC.Cc1cc(F)c(N)c(C=NC2CC2)c1. The highest BCUT2D eigenvalue weighted by Crippen LogP contribution is 2.24. The van der Waals surface area contributed by atoms with Gasteiger partial charge in [-0.15, -0.1) is 0 Å².